The van der Waals surface area contributed by atoms with Crippen molar-refractivity contribution in [1.82, 2.24) is 9.78 Å². The largest absolute Gasteiger partial charge is 0.450 e. The van der Waals surface area contributed by atoms with Gasteiger partial charge in [0.2, 0.25) is 11.7 Å². The summed E-state index contributed by atoms with van der Waals surface area (Å²) in [7, 11) is 0. The number of ketones is 1. The SMILES string of the molecule is O=C(/C=C/c1cn(-c2ccccc2)nc1-c1ccccc1)Nc1c(C(=O)c2ccccc2)oc2ccccc12. The van der Waals surface area contributed by atoms with Gasteiger partial charge < -0.3 is 9.73 Å². The lowest BCUT2D eigenvalue weighted by atomic mass is 10.1. The van der Waals surface area contributed by atoms with E-state index in [-0.39, 0.29) is 11.5 Å². The van der Waals surface area contributed by atoms with Gasteiger partial charge in [-0.05, 0) is 30.3 Å². The van der Waals surface area contributed by atoms with Gasteiger partial charge in [0.05, 0.1) is 17.1 Å². The number of aromatic nitrogens is 2. The number of carbonyl (C=O) groups excluding carboxylic acids is 2. The number of furan rings is 1. The minimum atomic E-state index is -0.393. The third kappa shape index (κ3) is 4.91. The Labute approximate surface area is 224 Å². The summed E-state index contributed by atoms with van der Waals surface area (Å²) in [4.78, 5) is 26.4. The number of nitrogens with one attached hydrogen (secondary N) is 1. The molecule has 0 aliphatic heterocycles. The van der Waals surface area contributed by atoms with Gasteiger partial charge in [-0.3, -0.25) is 9.59 Å². The Bertz CT molecular complexity index is 1800. The van der Waals surface area contributed by atoms with E-state index in [1.807, 2.05) is 91.1 Å². The van der Waals surface area contributed by atoms with Crippen LogP contribution in [0.1, 0.15) is 21.7 Å². The smallest absolute Gasteiger partial charge is 0.248 e. The van der Waals surface area contributed by atoms with Gasteiger partial charge in [-0.25, -0.2) is 4.68 Å². The Morgan fingerprint density at radius 3 is 2.15 bits per heavy atom. The fourth-order valence-electron chi connectivity index (χ4n) is 4.42. The van der Waals surface area contributed by atoms with Crippen LogP contribution >= 0.6 is 0 Å². The lowest BCUT2D eigenvalue weighted by Crippen LogP contribution is -2.11. The molecule has 1 amide bonds. The number of anilines is 1. The second-order valence-corrected chi connectivity index (χ2v) is 8.90. The van der Waals surface area contributed by atoms with Crippen molar-refractivity contribution < 1.29 is 14.0 Å². The molecule has 0 atom stereocenters. The zero-order chi connectivity index (χ0) is 26.6. The number of fused-ring (bicyclic) bond motifs is 1. The van der Waals surface area contributed by atoms with Crippen molar-refractivity contribution in [3.05, 3.63) is 144 Å². The molecule has 0 unspecified atom stereocenters. The molecule has 2 heterocycles. The molecule has 0 aliphatic rings. The van der Waals surface area contributed by atoms with Gasteiger partial charge in [-0.15, -0.1) is 0 Å². The van der Waals surface area contributed by atoms with E-state index >= 15 is 0 Å². The molecule has 6 nitrogen and oxygen atoms in total. The molecule has 2 aromatic heterocycles. The summed E-state index contributed by atoms with van der Waals surface area (Å²) < 4.78 is 7.70. The van der Waals surface area contributed by atoms with Crippen molar-refractivity contribution in [2.45, 2.75) is 0 Å². The average Bonchev–Trinajstić information content (AvgIpc) is 3.59. The van der Waals surface area contributed by atoms with E-state index < -0.39 is 5.91 Å². The lowest BCUT2D eigenvalue weighted by Gasteiger charge is -2.04. The van der Waals surface area contributed by atoms with Crippen molar-refractivity contribution in [3.8, 4) is 16.9 Å². The Hall–Kier alpha value is -5.49. The molecule has 39 heavy (non-hydrogen) atoms. The molecular weight excluding hydrogens is 486 g/mol. The van der Waals surface area contributed by atoms with Crippen LogP contribution in [-0.2, 0) is 4.79 Å². The van der Waals surface area contributed by atoms with Crippen LogP contribution in [0.15, 0.2) is 132 Å². The molecule has 0 bridgehead atoms. The number of hydrogen-bond donors (Lipinski definition) is 1. The van der Waals surface area contributed by atoms with E-state index in [1.165, 1.54) is 6.08 Å². The Morgan fingerprint density at radius 2 is 1.41 bits per heavy atom. The summed E-state index contributed by atoms with van der Waals surface area (Å²) in [5, 5.41) is 8.33. The van der Waals surface area contributed by atoms with Crippen LogP contribution in [-0.4, -0.2) is 21.5 Å². The summed E-state index contributed by atoms with van der Waals surface area (Å²) in [6.45, 7) is 0. The van der Waals surface area contributed by atoms with Crippen LogP contribution in [0.4, 0.5) is 5.69 Å². The zero-order valence-electron chi connectivity index (χ0n) is 20.8. The first-order valence-electron chi connectivity index (χ1n) is 12.5. The lowest BCUT2D eigenvalue weighted by molar-refractivity contribution is -0.111. The quantitative estimate of drug-likeness (QED) is 0.183. The molecule has 0 radical (unpaired) electrons. The van der Waals surface area contributed by atoms with Crippen LogP contribution in [0.25, 0.3) is 34.0 Å². The molecule has 188 valence electrons. The number of amides is 1. The molecule has 0 aliphatic carbocycles. The second-order valence-electron chi connectivity index (χ2n) is 8.90. The first-order chi connectivity index (χ1) is 19.2. The van der Waals surface area contributed by atoms with Crippen molar-refractivity contribution in [2.24, 2.45) is 0 Å². The minimum Gasteiger partial charge on any atom is -0.450 e. The Kier molecular flexibility index (Phi) is 6.41. The first-order valence-corrected chi connectivity index (χ1v) is 12.5. The molecular formula is C33H23N3O3. The van der Waals surface area contributed by atoms with Crippen LogP contribution < -0.4 is 5.32 Å². The third-order valence-corrected chi connectivity index (χ3v) is 6.31. The summed E-state index contributed by atoms with van der Waals surface area (Å²) in [5.74, 6) is -0.609. The van der Waals surface area contributed by atoms with E-state index in [0.29, 0.717) is 22.2 Å². The van der Waals surface area contributed by atoms with Crippen LogP contribution in [0.5, 0.6) is 0 Å². The number of para-hydroxylation sites is 2. The van der Waals surface area contributed by atoms with E-state index in [1.54, 1.807) is 41.1 Å². The number of benzene rings is 4. The highest BCUT2D eigenvalue weighted by molar-refractivity contribution is 6.18. The third-order valence-electron chi connectivity index (χ3n) is 6.31. The fourth-order valence-corrected chi connectivity index (χ4v) is 4.42. The second kappa shape index (κ2) is 10.5. The summed E-state index contributed by atoms with van der Waals surface area (Å²) in [6.07, 6.45) is 5.06. The number of carbonyl (C=O) groups is 2. The van der Waals surface area contributed by atoms with E-state index in [4.69, 9.17) is 9.52 Å². The summed E-state index contributed by atoms with van der Waals surface area (Å²) >= 11 is 0. The number of rotatable bonds is 7. The van der Waals surface area contributed by atoms with E-state index in [0.717, 1.165) is 22.5 Å². The molecule has 0 spiro atoms. The Morgan fingerprint density at radius 1 is 0.769 bits per heavy atom. The van der Waals surface area contributed by atoms with Gasteiger partial charge in [0, 0.05) is 34.3 Å². The van der Waals surface area contributed by atoms with Gasteiger partial charge in [0.15, 0.2) is 5.76 Å². The normalized spacial score (nSPS) is 11.2. The maximum absolute atomic E-state index is 13.3. The summed E-state index contributed by atoms with van der Waals surface area (Å²) in [6, 6.07) is 35.7. The summed E-state index contributed by atoms with van der Waals surface area (Å²) in [5.41, 5.74) is 4.71. The molecule has 6 rings (SSSR count). The van der Waals surface area contributed by atoms with Crippen LogP contribution in [0, 0.1) is 0 Å². The minimum absolute atomic E-state index is 0.0889. The topological polar surface area (TPSA) is 77.1 Å². The monoisotopic (exact) mass is 509 g/mol. The highest BCUT2D eigenvalue weighted by atomic mass is 16.3. The highest BCUT2D eigenvalue weighted by Gasteiger charge is 2.23. The van der Waals surface area contributed by atoms with Gasteiger partial charge in [-0.1, -0.05) is 91.0 Å². The maximum Gasteiger partial charge on any atom is 0.248 e. The predicted molar refractivity (Wildman–Crippen MR) is 153 cm³/mol. The van der Waals surface area contributed by atoms with Crippen LogP contribution in [0.3, 0.4) is 0 Å². The molecule has 6 heteroatoms. The molecule has 6 aromatic rings. The van der Waals surface area contributed by atoms with Crippen molar-refractivity contribution >= 4 is 34.4 Å². The van der Waals surface area contributed by atoms with Gasteiger partial charge >= 0.3 is 0 Å². The average molecular weight is 510 g/mol. The molecule has 1 N–H and O–H groups in total. The number of nitrogens with zero attached hydrogens (tertiary/aromatic N) is 2. The maximum atomic E-state index is 13.3. The van der Waals surface area contributed by atoms with Crippen LogP contribution in [0.2, 0.25) is 0 Å². The first kappa shape index (κ1) is 23.9. The van der Waals surface area contributed by atoms with Crippen molar-refractivity contribution in [1.29, 1.82) is 0 Å². The van der Waals surface area contributed by atoms with E-state index in [2.05, 4.69) is 5.32 Å². The van der Waals surface area contributed by atoms with Gasteiger partial charge in [0.25, 0.3) is 0 Å². The molecule has 0 saturated carbocycles. The van der Waals surface area contributed by atoms with E-state index in [9.17, 15) is 9.59 Å². The Balaban J connectivity index is 1.34. The van der Waals surface area contributed by atoms with Gasteiger partial charge in [0.1, 0.15) is 5.58 Å². The van der Waals surface area contributed by atoms with Crippen molar-refractivity contribution in [2.75, 3.05) is 5.32 Å². The molecule has 0 saturated heterocycles. The fraction of sp³-hybridized carbons (Fsp3) is 0. The predicted octanol–water partition coefficient (Wildman–Crippen LogP) is 7.17. The highest BCUT2D eigenvalue weighted by Crippen LogP contribution is 2.33. The zero-order valence-corrected chi connectivity index (χ0v) is 20.8. The van der Waals surface area contributed by atoms with Gasteiger partial charge in [-0.2, -0.15) is 5.10 Å². The molecule has 0 fully saturated rings. The standard InChI is InChI=1S/C33H23N3O3/c37-29(34-31-27-18-10-11-19-28(27)39-33(31)32(38)24-14-6-2-7-15-24)21-20-25-22-36(26-16-8-3-9-17-26)35-30(25)23-12-4-1-5-13-23/h1-22H,(H,34,37)/b21-20+. The number of hydrogen-bond acceptors (Lipinski definition) is 4. The molecule has 4 aromatic carbocycles. The van der Waals surface area contributed by atoms with Crippen molar-refractivity contribution in [3.63, 3.8) is 0 Å².